The lowest BCUT2D eigenvalue weighted by Gasteiger charge is -2.13. The van der Waals surface area contributed by atoms with Crippen molar-refractivity contribution in [3.63, 3.8) is 0 Å². The van der Waals surface area contributed by atoms with Crippen LogP contribution in [0.5, 0.6) is 0 Å². The summed E-state index contributed by atoms with van der Waals surface area (Å²) in [6, 6.07) is 18.6. The number of hydrogen-bond donors (Lipinski definition) is 1. The van der Waals surface area contributed by atoms with Crippen LogP contribution >= 0.6 is 11.3 Å². The summed E-state index contributed by atoms with van der Waals surface area (Å²) in [5.74, 6) is 1.60. The topological polar surface area (TPSA) is 37.8 Å². The van der Waals surface area contributed by atoms with Gasteiger partial charge in [0.2, 0.25) is 0 Å². The summed E-state index contributed by atoms with van der Waals surface area (Å²) in [5, 5.41) is 6.57. The highest BCUT2D eigenvalue weighted by Gasteiger charge is 2.11. The lowest BCUT2D eigenvalue weighted by Crippen LogP contribution is -2.00. The maximum atomic E-state index is 4.79. The van der Waals surface area contributed by atoms with Gasteiger partial charge in [0.1, 0.15) is 5.82 Å². The molecular weight excluding hydrogens is 314 g/mol. The summed E-state index contributed by atoms with van der Waals surface area (Å²) in [4.78, 5) is 10.6. The Hall–Kier alpha value is -2.72. The van der Waals surface area contributed by atoms with Crippen molar-refractivity contribution in [2.45, 2.75) is 13.8 Å². The molecule has 24 heavy (non-hydrogen) atoms. The van der Waals surface area contributed by atoms with Gasteiger partial charge in [0, 0.05) is 11.1 Å². The minimum atomic E-state index is 0.760. The largest absolute Gasteiger partial charge is 0.339 e. The molecule has 2 aromatic heterocycles. The summed E-state index contributed by atoms with van der Waals surface area (Å²) >= 11 is 1.65. The van der Waals surface area contributed by atoms with E-state index >= 15 is 0 Å². The third-order valence-electron chi connectivity index (χ3n) is 3.98. The second-order valence-corrected chi connectivity index (χ2v) is 6.78. The Morgan fingerprint density at radius 3 is 2.58 bits per heavy atom. The van der Waals surface area contributed by atoms with Crippen LogP contribution in [-0.2, 0) is 0 Å². The molecule has 0 aliphatic rings. The molecular formula is C20H17N3S. The first-order valence-corrected chi connectivity index (χ1v) is 8.73. The fraction of sp³-hybridized carbons (Fsp3) is 0.100. The lowest BCUT2D eigenvalue weighted by molar-refractivity contribution is 1.23. The number of anilines is 2. The summed E-state index contributed by atoms with van der Waals surface area (Å²) < 4.78 is 0. The monoisotopic (exact) mass is 331 g/mol. The molecule has 0 saturated heterocycles. The molecule has 4 aromatic rings. The molecule has 1 N–H and O–H groups in total. The molecule has 0 aliphatic carbocycles. The predicted molar refractivity (Wildman–Crippen MR) is 102 cm³/mol. The Kier molecular flexibility index (Phi) is 3.75. The number of rotatable bonds is 3. The number of benzene rings is 2. The molecule has 0 fully saturated rings. The molecule has 0 spiro atoms. The molecule has 2 aromatic carbocycles. The van der Waals surface area contributed by atoms with Gasteiger partial charge < -0.3 is 5.32 Å². The third kappa shape index (κ3) is 2.76. The van der Waals surface area contributed by atoms with Crippen molar-refractivity contribution in [1.82, 2.24) is 9.97 Å². The van der Waals surface area contributed by atoms with Crippen LogP contribution in [-0.4, -0.2) is 9.97 Å². The molecule has 2 heterocycles. The van der Waals surface area contributed by atoms with Gasteiger partial charge in [-0.2, -0.15) is 0 Å². The van der Waals surface area contributed by atoms with E-state index in [2.05, 4.69) is 49.5 Å². The van der Waals surface area contributed by atoms with Crippen molar-refractivity contribution < 1.29 is 0 Å². The van der Waals surface area contributed by atoms with E-state index in [9.17, 15) is 0 Å². The van der Waals surface area contributed by atoms with E-state index in [4.69, 9.17) is 9.97 Å². The van der Waals surface area contributed by atoms with Gasteiger partial charge in [0.15, 0.2) is 5.82 Å². The smallest absolute Gasteiger partial charge is 0.172 e. The molecule has 0 saturated carbocycles. The molecule has 4 rings (SSSR count). The zero-order valence-corrected chi connectivity index (χ0v) is 14.4. The summed E-state index contributed by atoms with van der Waals surface area (Å²) in [5.41, 5.74) is 4.48. The number of thiophene rings is 1. The number of nitrogens with zero attached hydrogens (tertiary/aromatic N) is 2. The maximum absolute atomic E-state index is 4.79. The van der Waals surface area contributed by atoms with Gasteiger partial charge in [0.05, 0.1) is 10.4 Å². The molecule has 0 unspecified atom stereocenters. The van der Waals surface area contributed by atoms with Crippen LogP contribution in [0.3, 0.4) is 0 Å². The second kappa shape index (κ2) is 6.06. The average Bonchev–Trinajstić information content (AvgIpc) is 3.12. The highest BCUT2D eigenvalue weighted by molar-refractivity contribution is 7.13. The van der Waals surface area contributed by atoms with Crippen molar-refractivity contribution in [3.05, 3.63) is 71.1 Å². The molecule has 4 heteroatoms. The number of hydrogen-bond acceptors (Lipinski definition) is 4. The van der Waals surface area contributed by atoms with Gasteiger partial charge >= 0.3 is 0 Å². The van der Waals surface area contributed by atoms with Crippen LogP contribution in [0.15, 0.2) is 60.0 Å². The summed E-state index contributed by atoms with van der Waals surface area (Å²) in [6.07, 6.45) is 0. The molecule has 118 valence electrons. The Bertz CT molecular complexity index is 1010. The van der Waals surface area contributed by atoms with Crippen LogP contribution in [0.25, 0.3) is 21.6 Å². The van der Waals surface area contributed by atoms with E-state index < -0.39 is 0 Å². The first kappa shape index (κ1) is 14.8. The molecule has 0 amide bonds. The molecule has 0 aliphatic heterocycles. The van der Waals surface area contributed by atoms with Crippen molar-refractivity contribution in [3.8, 4) is 10.7 Å². The molecule has 0 radical (unpaired) electrons. The fourth-order valence-corrected chi connectivity index (χ4v) is 3.43. The first-order valence-electron chi connectivity index (χ1n) is 7.85. The Morgan fingerprint density at radius 1 is 0.917 bits per heavy atom. The van der Waals surface area contributed by atoms with Crippen molar-refractivity contribution in [2.75, 3.05) is 5.32 Å². The zero-order valence-electron chi connectivity index (χ0n) is 13.6. The number of nitrogens with one attached hydrogen (secondary N) is 1. The third-order valence-corrected chi connectivity index (χ3v) is 4.85. The van der Waals surface area contributed by atoms with Gasteiger partial charge in [-0.1, -0.05) is 35.9 Å². The molecule has 3 nitrogen and oxygen atoms in total. The number of aromatic nitrogens is 2. The van der Waals surface area contributed by atoms with Gasteiger partial charge in [-0.3, -0.25) is 0 Å². The standard InChI is InChI=1S/C20H17N3S/c1-13-9-10-16(14(2)12-13)21-19-15-6-3-4-7-17(15)22-20(23-19)18-8-5-11-24-18/h3-12H,1-2H3,(H,21,22,23). The van der Waals surface area contributed by atoms with E-state index in [-0.39, 0.29) is 0 Å². The van der Waals surface area contributed by atoms with Gasteiger partial charge in [-0.15, -0.1) is 11.3 Å². The Labute approximate surface area is 145 Å². The minimum Gasteiger partial charge on any atom is -0.339 e. The van der Waals surface area contributed by atoms with Crippen molar-refractivity contribution in [1.29, 1.82) is 0 Å². The quantitative estimate of drug-likeness (QED) is 0.522. The van der Waals surface area contributed by atoms with E-state index in [0.29, 0.717) is 0 Å². The van der Waals surface area contributed by atoms with E-state index in [1.165, 1.54) is 11.1 Å². The number of aryl methyl sites for hydroxylation is 2. The summed E-state index contributed by atoms with van der Waals surface area (Å²) in [7, 11) is 0. The SMILES string of the molecule is Cc1ccc(Nc2nc(-c3cccs3)nc3ccccc23)c(C)c1. The summed E-state index contributed by atoms with van der Waals surface area (Å²) in [6.45, 7) is 4.21. The van der Waals surface area contributed by atoms with E-state index in [1.54, 1.807) is 11.3 Å². The van der Waals surface area contributed by atoms with Crippen LogP contribution in [0.1, 0.15) is 11.1 Å². The van der Waals surface area contributed by atoms with E-state index in [1.807, 2.05) is 29.6 Å². The zero-order chi connectivity index (χ0) is 16.5. The lowest BCUT2D eigenvalue weighted by atomic mass is 10.1. The second-order valence-electron chi connectivity index (χ2n) is 5.83. The highest BCUT2D eigenvalue weighted by Crippen LogP contribution is 2.30. The maximum Gasteiger partial charge on any atom is 0.172 e. The van der Waals surface area contributed by atoms with Crippen LogP contribution in [0.4, 0.5) is 11.5 Å². The van der Waals surface area contributed by atoms with Gasteiger partial charge in [0.25, 0.3) is 0 Å². The fourth-order valence-electron chi connectivity index (χ4n) is 2.77. The number of para-hydroxylation sites is 1. The van der Waals surface area contributed by atoms with Crippen molar-refractivity contribution in [2.24, 2.45) is 0 Å². The predicted octanol–water partition coefficient (Wildman–Crippen LogP) is 5.72. The molecule has 0 atom stereocenters. The number of fused-ring (bicyclic) bond motifs is 1. The highest BCUT2D eigenvalue weighted by atomic mass is 32.1. The van der Waals surface area contributed by atoms with Crippen LogP contribution < -0.4 is 5.32 Å². The van der Waals surface area contributed by atoms with Crippen molar-refractivity contribution >= 4 is 33.7 Å². The Morgan fingerprint density at radius 2 is 1.79 bits per heavy atom. The van der Waals surface area contributed by atoms with Crippen LogP contribution in [0.2, 0.25) is 0 Å². The Balaban J connectivity index is 1.86. The van der Waals surface area contributed by atoms with E-state index in [0.717, 1.165) is 33.1 Å². The van der Waals surface area contributed by atoms with Gasteiger partial charge in [-0.25, -0.2) is 9.97 Å². The minimum absolute atomic E-state index is 0.760. The first-order chi connectivity index (χ1) is 11.7. The normalized spacial score (nSPS) is 10.9. The molecule has 0 bridgehead atoms. The van der Waals surface area contributed by atoms with Crippen LogP contribution in [0, 0.1) is 13.8 Å². The van der Waals surface area contributed by atoms with Gasteiger partial charge in [-0.05, 0) is 49.1 Å². The average molecular weight is 331 g/mol.